The summed E-state index contributed by atoms with van der Waals surface area (Å²) in [5, 5.41) is 0. The summed E-state index contributed by atoms with van der Waals surface area (Å²) in [6.07, 6.45) is 3.90. The number of hydrogen-bond donors (Lipinski definition) is 0. The summed E-state index contributed by atoms with van der Waals surface area (Å²) in [6, 6.07) is 8.29. The Labute approximate surface area is 121 Å². The number of nitrogens with zero attached hydrogens (tertiary/aromatic N) is 1. The molecule has 0 aliphatic heterocycles. The van der Waals surface area contributed by atoms with Crippen molar-refractivity contribution in [1.82, 2.24) is 4.90 Å². The topological polar surface area (TPSA) is 29.5 Å². The largest absolute Gasteiger partial charge is 0.497 e. The highest BCUT2D eigenvalue weighted by molar-refractivity contribution is 5.79. The molecular weight excluding hydrogens is 250 g/mol. The van der Waals surface area contributed by atoms with E-state index in [1.165, 1.54) is 12.8 Å². The lowest BCUT2D eigenvalue weighted by Crippen LogP contribution is -2.35. The van der Waals surface area contributed by atoms with Crippen LogP contribution < -0.4 is 4.74 Å². The van der Waals surface area contributed by atoms with E-state index in [9.17, 15) is 4.79 Å². The van der Waals surface area contributed by atoms with Crippen molar-refractivity contribution in [3.05, 3.63) is 29.8 Å². The van der Waals surface area contributed by atoms with Crippen LogP contribution in [0.4, 0.5) is 0 Å². The fraction of sp³-hybridized carbons (Fsp3) is 0.588. The standard InChI is InChI=1S/C17H25NO2/c1-13(2)9-10-18(15-7-8-15)17(19)12-14-5-4-6-16(11-14)20-3/h4-6,11,13,15H,7-10,12H2,1-3H3. The molecule has 1 aromatic carbocycles. The highest BCUT2D eigenvalue weighted by atomic mass is 16.5. The van der Waals surface area contributed by atoms with Gasteiger partial charge in [-0.3, -0.25) is 4.79 Å². The van der Waals surface area contributed by atoms with Crippen LogP contribution in [0.2, 0.25) is 0 Å². The van der Waals surface area contributed by atoms with Crippen LogP contribution in [0.3, 0.4) is 0 Å². The smallest absolute Gasteiger partial charge is 0.227 e. The maximum Gasteiger partial charge on any atom is 0.227 e. The molecule has 0 heterocycles. The van der Waals surface area contributed by atoms with Crippen molar-refractivity contribution in [2.45, 2.75) is 45.6 Å². The number of rotatable bonds is 7. The molecule has 1 saturated carbocycles. The highest BCUT2D eigenvalue weighted by Crippen LogP contribution is 2.28. The van der Waals surface area contributed by atoms with Crippen LogP contribution in [0.5, 0.6) is 5.75 Å². The van der Waals surface area contributed by atoms with E-state index in [1.54, 1.807) is 7.11 Å². The lowest BCUT2D eigenvalue weighted by atomic mass is 10.1. The van der Waals surface area contributed by atoms with Gasteiger partial charge >= 0.3 is 0 Å². The van der Waals surface area contributed by atoms with E-state index in [-0.39, 0.29) is 5.91 Å². The Morgan fingerprint density at radius 3 is 2.75 bits per heavy atom. The molecule has 0 saturated heterocycles. The molecule has 110 valence electrons. The van der Waals surface area contributed by atoms with Gasteiger partial charge < -0.3 is 9.64 Å². The van der Waals surface area contributed by atoms with Gasteiger partial charge in [-0.1, -0.05) is 26.0 Å². The molecule has 1 aliphatic carbocycles. The second-order valence-corrected chi connectivity index (χ2v) is 6.03. The molecule has 1 aliphatic rings. The minimum absolute atomic E-state index is 0.251. The van der Waals surface area contributed by atoms with Gasteiger partial charge in [-0.25, -0.2) is 0 Å². The zero-order valence-corrected chi connectivity index (χ0v) is 12.8. The first kappa shape index (κ1) is 14.9. The highest BCUT2D eigenvalue weighted by Gasteiger charge is 2.32. The summed E-state index contributed by atoms with van der Waals surface area (Å²) in [4.78, 5) is 14.6. The minimum atomic E-state index is 0.251. The maximum atomic E-state index is 12.5. The molecule has 1 aromatic rings. The van der Waals surface area contributed by atoms with Gasteiger partial charge in [0.25, 0.3) is 0 Å². The maximum absolute atomic E-state index is 12.5. The van der Waals surface area contributed by atoms with Crippen molar-refractivity contribution < 1.29 is 9.53 Å². The van der Waals surface area contributed by atoms with E-state index in [0.29, 0.717) is 18.4 Å². The van der Waals surface area contributed by atoms with E-state index < -0.39 is 0 Å². The fourth-order valence-electron chi connectivity index (χ4n) is 2.35. The molecule has 20 heavy (non-hydrogen) atoms. The van der Waals surface area contributed by atoms with E-state index in [1.807, 2.05) is 24.3 Å². The first-order chi connectivity index (χ1) is 9.60. The van der Waals surface area contributed by atoms with Crippen molar-refractivity contribution in [1.29, 1.82) is 0 Å². The molecule has 0 spiro atoms. The summed E-state index contributed by atoms with van der Waals surface area (Å²) >= 11 is 0. The van der Waals surface area contributed by atoms with Crippen molar-refractivity contribution in [2.24, 2.45) is 5.92 Å². The van der Waals surface area contributed by atoms with Crippen LogP contribution in [0.1, 0.15) is 38.7 Å². The van der Waals surface area contributed by atoms with Crippen molar-refractivity contribution in [2.75, 3.05) is 13.7 Å². The van der Waals surface area contributed by atoms with Crippen LogP contribution in [0.25, 0.3) is 0 Å². The van der Waals surface area contributed by atoms with Crippen LogP contribution in [0.15, 0.2) is 24.3 Å². The van der Waals surface area contributed by atoms with E-state index >= 15 is 0 Å². The zero-order chi connectivity index (χ0) is 14.5. The van der Waals surface area contributed by atoms with Gasteiger partial charge in [-0.15, -0.1) is 0 Å². The quantitative estimate of drug-likeness (QED) is 0.764. The lowest BCUT2D eigenvalue weighted by molar-refractivity contribution is -0.131. The number of ether oxygens (including phenoxy) is 1. The predicted octanol–water partition coefficient (Wildman–Crippen LogP) is 3.27. The summed E-state index contributed by atoms with van der Waals surface area (Å²) in [6.45, 7) is 5.31. The number of hydrogen-bond acceptors (Lipinski definition) is 2. The van der Waals surface area contributed by atoms with Gasteiger partial charge in [0.05, 0.1) is 13.5 Å². The molecule has 0 atom stereocenters. The van der Waals surface area contributed by atoms with Crippen molar-refractivity contribution in [3.8, 4) is 5.75 Å². The molecule has 0 unspecified atom stereocenters. The summed E-state index contributed by atoms with van der Waals surface area (Å²) in [7, 11) is 1.65. The average Bonchev–Trinajstić information content (AvgIpc) is 3.23. The SMILES string of the molecule is COc1cccc(CC(=O)N(CCC(C)C)C2CC2)c1. The Hall–Kier alpha value is -1.51. The Kier molecular flexibility index (Phi) is 5.05. The van der Waals surface area contributed by atoms with Crippen LogP contribution in [-0.2, 0) is 11.2 Å². The fourth-order valence-corrected chi connectivity index (χ4v) is 2.35. The Morgan fingerprint density at radius 1 is 1.40 bits per heavy atom. The van der Waals surface area contributed by atoms with Crippen LogP contribution in [0, 0.1) is 5.92 Å². The molecule has 2 rings (SSSR count). The van der Waals surface area contributed by atoms with Gasteiger partial charge in [0.1, 0.15) is 5.75 Å². The van der Waals surface area contributed by atoms with Gasteiger partial charge in [-0.05, 0) is 42.9 Å². The average molecular weight is 275 g/mol. The van der Waals surface area contributed by atoms with E-state index in [2.05, 4.69) is 18.7 Å². The molecule has 1 amide bonds. The minimum Gasteiger partial charge on any atom is -0.497 e. The number of carbonyl (C=O) groups excluding carboxylic acids is 1. The number of carbonyl (C=O) groups is 1. The summed E-state index contributed by atoms with van der Waals surface area (Å²) < 4.78 is 5.21. The van der Waals surface area contributed by atoms with E-state index in [0.717, 1.165) is 24.3 Å². The zero-order valence-electron chi connectivity index (χ0n) is 12.8. The van der Waals surface area contributed by atoms with Crippen molar-refractivity contribution >= 4 is 5.91 Å². The van der Waals surface area contributed by atoms with Crippen molar-refractivity contribution in [3.63, 3.8) is 0 Å². The number of methoxy groups -OCH3 is 1. The van der Waals surface area contributed by atoms with Gasteiger partial charge in [0.2, 0.25) is 5.91 Å². The Balaban J connectivity index is 1.96. The molecule has 3 nitrogen and oxygen atoms in total. The molecule has 3 heteroatoms. The van der Waals surface area contributed by atoms with Gasteiger partial charge in [0.15, 0.2) is 0 Å². The lowest BCUT2D eigenvalue weighted by Gasteiger charge is -2.23. The molecule has 0 N–H and O–H groups in total. The molecule has 0 aromatic heterocycles. The molecule has 0 bridgehead atoms. The third-order valence-corrected chi connectivity index (χ3v) is 3.74. The third kappa shape index (κ3) is 4.26. The first-order valence-corrected chi connectivity index (χ1v) is 7.52. The predicted molar refractivity (Wildman–Crippen MR) is 80.9 cm³/mol. The second kappa shape index (κ2) is 6.78. The number of amides is 1. The molecular formula is C17H25NO2. The first-order valence-electron chi connectivity index (χ1n) is 7.52. The van der Waals surface area contributed by atoms with E-state index in [4.69, 9.17) is 4.74 Å². The molecule has 1 fully saturated rings. The normalized spacial score (nSPS) is 14.4. The monoisotopic (exact) mass is 275 g/mol. The summed E-state index contributed by atoms with van der Waals surface area (Å²) in [5.41, 5.74) is 1.03. The van der Waals surface area contributed by atoms with Crippen LogP contribution in [-0.4, -0.2) is 30.5 Å². The second-order valence-electron chi connectivity index (χ2n) is 6.03. The summed E-state index contributed by atoms with van der Waals surface area (Å²) in [5.74, 6) is 1.71. The molecule has 0 radical (unpaired) electrons. The Morgan fingerprint density at radius 2 is 2.15 bits per heavy atom. The Bertz CT molecular complexity index is 452. The third-order valence-electron chi connectivity index (χ3n) is 3.74. The van der Waals surface area contributed by atoms with Crippen LogP contribution >= 0.6 is 0 Å². The van der Waals surface area contributed by atoms with Gasteiger partial charge in [0, 0.05) is 12.6 Å². The number of benzene rings is 1. The van der Waals surface area contributed by atoms with Gasteiger partial charge in [-0.2, -0.15) is 0 Å².